The van der Waals surface area contributed by atoms with Gasteiger partial charge in [0, 0.05) is 6.20 Å². The number of aromatic nitrogens is 1. The van der Waals surface area contributed by atoms with Gasteiger partial charge in [0.15, 0.2) is 0 Å². The van der Waals surface area contributed by atoms with Gasteiger partial charge in [0.25, 0.3) is 0 Å². The second-order valence-electron chi connectivity index (χ2n) is 6.73. The highest BCUT2D eigenvalue weighted by Crippen LogP contribution is 2.29. The Bertz CT molecular complexity index is 580. The van der Waals surface area contributed by atoms with Gasteiger partial charge >= 0.3 is 12.2 Å². The maximum atomic E-state index is 12.5. The van der Waals surface area contributed by atoms with Crippen LogP contribution >= 0.6 is 34.2 Å². The van der Waals surface area contributed by atoms with Gasteiger partial charge in [-0.2, -0.15) is 4.90 Å². The van der Waals surface area contributed by atoms with Crippen LogP contribution in [0.2, 0.25) is 5.15 Å². The molecule has 0 fully saturated rings. The summed E-state index contributed by atoms with van der Waals surface area (Å²) in [5, 5.41) is 0.181. The van der Waals surface area contributed by atoms with Crippen molar-refractivity contribution < 1.29 is 19.1 Å². The number of carbonyl (C=O) groups excluding carboxylic acids is 2. The number of anilines is 1. The van der Waals surface area contributed by atoms with Crippen molar-refractivity contribution in [1.29, 1.82) is 0 Å². The van der Waals surface area contributed by atoms with Gasteiger partial charge < -0.3 is 9.47 Å². The van der Waals surface area contributed by atoms with Gasteiger partial charge in [0.05, 0.1) is 9.26 Å². The summed E-state index contributed by atoms with van der Waals surface area (Å²) in [6, 6.07) is 1.50. The van der Waals surface area contributed by atoms with E-state index in [1.54, 1.807) is 41.5 Å². The van der Waals surface area contributed by atoms with Crippen LogP contribution in [0.3, 0.4) is 0 Å². The molecule has 1 heterocycles. The molecule has 2 amide bonds. The van der Waals surface area contributed by atoms with Gasteiger partial charge in [-0.3, -0.25) is 0 Å². The molecule has 1 aromatic heterocycles. The van der Waals surface area contributed by atoms with Crippen molar-refractivity contribution >= 4 is 52.1 Å². The minimum atomic E-state index is -0.841. The number of nitrogens with zero attached hydrogens (tertiary/aromatic N) is 2. The SMILES string of the molecule is CC(C)(C)OC(=O)N(C(=O)OC(C)(C)C)c1ccnc(Cl)c1I. The highest BCUT2D eigenvalue weighted by atomic mass is 127. The zero-order valence-corrected chi connectivity index (χ0v) is 16.9. The monoisotopic (exact) mass is 454 g/mol. The quantitative estimate of drug-likeness (QED) is 0.440. The molecule has 0 radical (unpaired) electrons. The number of amides is 2. The van der Waals surface area contributed by atoms with E-state index in [1.165, 1.54) is 12.3 Å². The van der Waals surface area contributed by atoms with Gasteiger partial charge in [0.1, 0.15) is 16.4 Å². The summed E-state index contributed by atoms with van der Waals surface area (Å²) >= 11 is 7.89. The lowest BCUT2D eigenvalue weighted by atomic mass is 10.2. The molecule has 23 heavy (non-hydrogen) atoms. The Hall–Kier alpha value is -1.09. The van der Waals surface area contributed by atoms with Crippen LogP contribution in [-0.4, -0.2) is 28.4 Å². The van der Waals surface area contributed by atoms with Gasteiger partial charge in [-0.1, -0.05) is 11.6 Å². The van der Waals surface area contributed by atoms with Crippen molar-refractivity contribution in [2.45, 2.75) is 52.7 Å². The standard InChI is InChI=1S/C15H20ClIN2O4/c1-14(2,3)22-12(20)19(13(21)23-15(4,5)6)9-7-8-18-11(16)10(9)17/h7-8H,1-6H3. The van der Waals surface area contributed by atoms with Crippen molar-refractivity contribution in [1.82, 2.24) is 4.98 Å². The van der Waals surface area contributed by atoms with Crippen LogP contribution in [0.15, 0.2) is 12.3 Å². The molecule has 0 aliphatic rings. The van der Waals surface area contributed by atoms with E-state index in [1.807, 2.05) is 22.6 Å². The predicted octanol–water partition coefficient (Wildman–Crippen LogP) is 5.02. The number of rotatable bonds is 1. The number of pyridine rings is 1. The Morgan fingerprint density at radius 1 is 1.09 bits per heavy atom. The molecule has 8 heteroatoms. The Morgan fingerprint density at radius 3 is 1.91 bits per heavy atom. The van der Waals surface area contributed by atoms with Crippen molar-refractivity contribution in [2.75, 3.05) is 4.90 Å². The molecule has 0 bridgehead atoms. The highest BCUT2D eigenvalue weighted by molar-refractivity contribution is 14.1. The molecule has 0 spiro atoms. The first kappa shape index (κ1) is 20.0. The third kappa shape index (κ3) is 6.14. The first-order chi connectivity index (χ1) is 10.3. The van der Waals surface area contributed by atoms with Crippen LogP contribution in [0.25, 0.3) is 0 Å². The van der Waals surface area contributed by atoms with Gasteiger partial charge in [-0.05, 0) is 70.2 Å². The molecule has 6 nitrogen and oxygen atoms in total. The zero-order chi connectivity index (χ0) is 18.0. The van der Waals surface area contributed by atoms with E-state index < -0.39 is 23.4 Å². The molecule has 0 saturated carbocycles. The van der Waals surface area contributed by atoms with Crippen molar-refractivity contribution in [3.63, 3.8) is 0 Å². The van der Waals surface area contributed by atoms with E-state index in [-0.39, 0.29) is 10.8 Å². The number of hydrogen-bond donors (Lipinski definition) is 0. The first-order valence-corrected chi connectivity index (χ1v) is 8.33. The topological polar surface area (TPSA) is 68.7 Å². The fourth-order valence-electron chi connectivity index (χ4n) is 1.47. The summed E-state index contributed by atoms with van der Waals surface area (Å²) in [6.07, 6.45) is -0.277. The molecule has 128 valence electrons. The Labute approximate surface area is 154 Å². The highest BCUT2D eigenvalue weighted by Gasteiger charge is 2.34. The molecule has 0 atom stereocenters. The third-order valence-electron chi connectivity index (χ3n) is 2.22. The largest absolute Gasteiger partial charge is 0.443 e. The predicted molar refractivity (Wildman–Crippen MR) is 96.9 cm³/mol. The normalized spacial score (nSPS) is 11.8. The summed E-state index contributed by atoms with van der Waals surface area (Å²) in [5.74, 6) is 0. The minimum Gasteiger partial charge on any atom is -0.443 e. The number of ether oxygens (including phenoxy) is 2. The Kier molecular flexibility index (Phi) is 6.25. The molecule has 0 aromatic carbocycles. The molecule has 0 aliphatic carbocycles. The molecule has 1 aromatic rings. The lowest BCUT2D eigenvalue weighted by Crippen LogP contribution is -2.44. The molecule has 0 aliphatic heterocycles. The van der Waals surface area contributed by atoms with E-state index in [4.69, 9.17) is 21.1 Å². The van der Waals surface area contributed by atoms with Crippen LogP contribution in [0.1, 0.15) is 41.5 Å². The minimum absolute atomic E-state index is 0.181. The average molecular weight is 455 g/mol. The van der Waals surface area contributed by atoms with Gasteiger partial charge in [-0.25, -0.2) is 14.6 Å². The van der Waals surface area contributed by atoms with Crippen molar-refractivity contribution in [3.8, 4) is 0 Å². The lowest BCUT2D eigenvalue weighted by Gasteiger charge is -2.29. The fourth-order valence-corrected chi connectivity index (χ4v) is 2.18. The second-order valence-corrected chi connectivity index (χ2v) is 8.17. The van der Waals surface area contributed by atoms with Gasteiger partial charge in [0.2, 0.25) is 0 Å². The van der Waals surface area contributed by atoms with Crippen molar-refractivity contribution in [3.05, 3.63) is 21.0 Å². The second kappa shape index (κ2) is 7.21. The van der Waals surface area contributed by atoms with Crippen LogP contribution in [0.5, 0.6) is 0 Å². The Morgan fingerprint density at radius 2 is 1.52 bits per heavy atom. The molecular formula is C15H20ClIN2O4. The number of carbonyl (C=O) groups is 2. The number of imide groups is 1. The molecular weight excluding hydrogens is 435 g/mol. The summed E-state index contributed by atoms with van der Waals surface area (Å²) in [6.45, 7) is 10.3. The van der Waals surface area contributed by atoms with E-state index in [0.717, 1.165) is 4.90 Å². The van der Waals surface area contributed by atoms with Crippen LogP contribution in [0.4, 0.5) is 15.3 Å². The van der Waals surface area contributed by atoms with Crippen molar-refractivity contribution in [2.24, 2.45) is 0 Å². The van der Waals surface area contributed by atoms with E-state index in [0.29, 0.717) is 3.57 Å². The number of hydrogen-bond acceptors (Lipinski definition) is 5. The summed E-state index contributed by atoms with van der Waals surface area (Å²) < 4.78 is 11.1. The van der Waals surface area contributed by atoms with Gasteiger partial charge in [-0.15, -0.1) is 0 Å². The number of halogens is 2. The van der Waals surface area contributed by atoms with E-state index >= 15 is 0 Å². The third-order valence-corrected chi connectivity index (χ3v) is 3.89. The van der Waals surface area contributed by atoms with Crippen LogP contribution in [-0.2, 0) is 9.47 Å². The Balaban J connectivity index is 3.29. The zero-order valence-electron chi connectivity index (χ0n) is 13.9. The summed E-state index contributed by atoms with van der Waals surface area (Å²) in [5.41, 5.74) is -1.27. The molecule has 1 rings (SSSR count). The molecule has 0 saturated heterocycles. The fraction of sp³-hybridized carbons (Fsp3) is 0.533. The maximum absolute atomic E-state index is 12.5. The average Bonchev–Trinajstić information content (AvgIpc) is 2.30. The summed E-state index contributed by atoms with van der Waals surface area (Å²) in [4.78, 5) is 29.7. The van der Waals surface area contributed by atoms with Crippen LogP contribution in [0, 0.1) is 3.57 Å². The first-order valence-electron chi connectivity index (χ1n) is 6.88. The van der Waals surface area contributed by atoms with Crippen LogP contribution < -0.4 is 4.90 Å². The lowest BCUT2D eigenvalue weighted by molar-refractivity contribution is 0.0430. The maximum Gasteiger partial charge on any atom is 0.424 e. The van der Waals surface area contributed by atoms with E-state index in [9.17, 15) is 9.59 Å². The van der Waals surface area contributed by atoms with E-state index in [2.05, 4.69) is 4.98 Å². The summed E-state index contributed by atoms with van der Waals surface area (Å²) in [7, 11) is 0. The smallest absolute Gasteiger partial charge is 0.424 e. The molecule has 0 N–H and O–H groups in total. The molecule has 0 unspecified atom stereocenters.